The highest BCUT2D eigenvalue weighted by Crippen LogP contribution is 2.31. The summed E-state index contributed by atoms with van der Waals surface area (Å²) in [6.45, 7) is 3.81. The van der Waals surface area contributed by atoms with Gasteiger partial charge in [-0.2, -0.15) is 39.5 Å². The van der Waals surface area contributed by atoms with Crippen LogP contribution in [0, 0.1) is 20.8 Å². The fourth-order valence-corrected chi connectivity index (χ4v) is 2.88. The van der Waals surface area contributed by atoms with Gasteiger partial charge in [-0.3, -0.25) is 19.7 Å². The minimum atomic E-state index is -4.43. The Morgan fingerprint density at radius 3 is 1.43 bits per heavy atom. The molecule has 0 spiro atoms. The minimum Gasteiger partial charge on any atom is -0.411 e. The van der Waals surface area contributed by atoms with Gasteiger partial charge in [-0.25, -0.2) is 0 Å². The van der Waals surface area contributed by atoms with E-state index in [1.54, 1.807) is 0 Å². The average molecular weight is 584 g/mol. The van der Waals surface area contributed by atoms with Crippen LogP contribution in [0.4, 0.5) is 39.5 Å². The van der Waals surface area contributed by atoms with E-state index in [0.29, 0.717) is 6.29 Å². The second-order valence-electron chi connectivity index (χ2n) is 7.85. The number of nitrogens with zero attached hydrogens (tertiary/aromatic N) is 4. The van der Waals surface area contributed by atoms with E-state index in [9.17, 15) is 44.3 Å². The van der Waals surface area contributed by atoms with E-state index in [2.05, 4.69) is 20.1 Å². The first-order valence-corrected chi connectivity index (χ1v) is 10.7. The SMILES string of the molecule is Cc1cc(C(F)(F)F)cc(/C=N/O)n1.Cc1cc(C(F)(F)F)cc(C=O)n1.Cc1cc(C(F)(F)F)cc(CO)n1. The Bertz CT molecular complexity index is 1320. The largest absolute Gasteiger partial charge is 0.416 e. The Labute approximate surface area is 221 Å². The molecular weight excluding hydrogens is 563 g/mol. The summed E-state index contributed by atoms with van der Waals surface area (Å²) in [6.07, 6.45) is -12.1. The number of alkyl halides is 9. The number of pyridine rings is 3. The number of carbonyl (C=O) groups excluding carboxylic acids is 1. The smallest absolute Gasteiger partial charge is 0.411 e. The quantitative estimate of drug-likeness (QED) is 0.122. The summed E-state index contributed by atoms with van der Waals surface area (Å²) >= 11 is 0. The molecule has 3 aromatic rings. The number of oxime groups is 1. The Morgan fingerprint density at radius 1 is 0.675 bits per heavy atom. The number of aldehydes is 1. The minimum absolute atomic E-state index is 0.0279. The van der Waals surface area contributed by atoms with Crippen molar-refractivity contribution in [3.63, 3.8) is 0 Å². The average Bonchev–Trinajstić information content (AvgIpc) is 2.82. The first-order valence-electron chi connectivity index (χ1n) is 10.7. The van der Waals surface area contributed by atoms with Crippen molar-refractivity contribution in [3.05, 3.63) is 87.3 Å². The number of hydrogen-bond acceptors (Lipinski definition) is 7. The van der Waals surface area contributed by atoms with Crippen LogP contribution < -0.4 is 0 Å². The Hall–Kier alpha value is -4.08. The van der Waals surface area contributed by atoms with Gasteiger partial charge < -0.3 is 10.3 Å². The van der Waals surface area contributed by atoms with Crippen molar-refractivity contribution in [2.75, 3.05) is 0 Å². The number of rotatable bonds is 3. The number of carbonyl (C=O) groups is 1. The molecule has 3 heterocycles. The Balaban J connectivity index is 0.000000300. The third kappa shape index (κ3) is 11.3. The third-order valence-electron chi connectivity index (χ3n) is 4.41. The van der Waals surface area contributed by atoms with E-state index in [1.165, 1.54) is 20.8 Å². The maximum Gasteiger partial charge on any atom is 0.416 e. The molecule has 2 N–H and O–H groups in total. The van der Waals surface area contributed by atoms with Crippen LogP contribution in [0.25, 0.3) is 0 Å². The lowest BCUT2D eigenvalue weighted by atomic mass is 10.2. The van der Waals surface area contributed by atoms with E-state index >= 15 is 0 Å². The van der Waals surface area contributed by atoms with Crippen molar-refractivity contribution in [2.24, 2.45) is 5.16 Å². The van der Waals surface area contributed by atoms with Crippen molar-refractivity contribution >= 4 is 12.5 Å². The van der Waals surface area contributed by atoms with Gasteiger partial charge in [0, 0.05) is 17.1 Å². The molecule has 3 rings (SSSR count). The van der Waals surface area contributed by atoms with Crippen LogP contribution in [-0.2, 0) is 25.1 Å². The Kier molecular flexibility index (Phi) is 11.7. The topological polar surface area (TPSA) is 109 Å². The first-order chi connectivity index (χ1) is 18.3. The molecule has 0 saturated heterocycles. The van der Waals surface area contributed by atoms with E-state index in [1.807, 2.05) is 0 Å². The second kappa shape index (κ2) is 13.8. The summed E-state index contributed by atoms with van der Waals surface area (Å²) in [7, 11) is 0. The normalized spacial score (nSPS) is 11.8. The van der Waals surface area contributed by atoms with Crippen molar-refractivity contribution in [1.82, 2.24) is 15.0 Å². The lowest BCUT2D eigenvalue weighted by Crippen LogP contribution is -2.07. The number of aliphatic hydroxyl groups is 1. The zero-order valence-corrected chi connectivity index (χ0v) is 20.8. The highest BCUT2D eigenvalue weighted by molar-refractivity contribution is 5.76. The summed E-state index contributed by atoms with van der Waals surface area (Å²) in [4.78, 5) is 21.2. The van der Waals surface area contributed by atoms with Gasteiger partial charge in [0.05, 0.1) is 40.9 Å². The molecule has 0 aliphatic heterocycles. The molecule has 0 radical (unpaired) electrons. The molecule has 218 valence electrons. The van der Waals surface area contributed by atoms with Crippen molar-refractivity contribution in [2.45, 2.75) is 45.9 Å². The molecule has 0 aliphatic rings. The first kappa shape index (κ1) is 33.9. The lowest BCUT2D eigenvalue weighted by molar-refractivity contribution is -0.138. The standard InChI is InChI=1S/C8H7F3N2O.C8H8F3NO.C8H6F3NO/c1-5-2-6(8(9,10)11)3-7(13-5)4-12-14;2*1-5-2-6(8(9,10)11)3-7(4-13)12-5/h2-4,14H,1H3;2-3,13H,4H2,1H3;2-4H,1H3/b12-4+;;. The van der Waals surface area contributed by atoms with Gasteiger partial charge in [0.15, 0.2) is 6.29 Å². The van der Waals surface area contributed by atoms with E-state index in [4.69, 9.17) is 10.3 Å². The maximum atomic E-state index is 12.3. The molecule has 0 atom stereocenters. The molecule has 0 aromatic carbocycles. The monoisotopic (exact) mass is 584 g/mol. The summed E-state index contributed by atoms with van der Waals surface area (Å²) in [5.41, 5.74) is -1.98. The number of aromatic nitrogens is 3. The van der Waals surface area contributed by atoms with Crippen LogP contribution in [0.3, 0.4) is 0 Å². The molecule has 16 heteroatoms. The fraction of sp³-hybridized carbons (Fsp3) is 0.292. The van der Waals surface area contributed by atoms with Gasteiger partial charge in [-0.05, 0) is 57.2 Å². The molecule has 0 saturated carbocycles. The molecule has 0 unspecified atom stereocenters. The summed E-state index contributed by atoms with van der Waals surface area (Å²) < 4.78 is 110. The summed E-state index contributed by atoms with van der Waals surface area (Å²) in [6, 6.07) is 5.14. The maximum absolute atomic E-state index is 12.3. The van der Waals surface area contributed by atoms with Crippen molar-refractivity contribution in [3.8, 4) is 0 Å². The van der Waals surface area contributed by atoms with E-state index in [0.717, 1.165) is 42.6 Å². The second-order valence-corrected chi connectivity index (χ2v) is 7.85. The predicted octanol–water partition coefficient (Wildman–Crippen LogP) is 6.34. The van der Waals surface area contributed by atoms with Gasteiger partial charge in [-0.15, -0.1) is 0 Å². The number of aryl methyl sites for hydroxylation is 3. The van der Waals surface area contributed by atoms with Crippen LogP contribution in [-0.4, -0.2) is 37.8 Å². The highest BCUT2D eigenvalue weighted by Gasteiger charge is 2.32. The van der Waals surface area contributed by atoms with Crippen molar-refractivity contribution < 1.29 is 54.6 Å². The predicted molar refractivity (Wildman–Crippen MR) is 123 cm³/mol. The molecule has 0 bridgehead atoms. The lowest BCUT2D eigenvalue weighted by Gasteiger charge is -2.08. The zero-order chi connectivity index (χ0) is 30.9. The van der Waals surface area contributed by atoms with Crippen molar-refractivity contribution in [1.29, 1.82) is 0 Å². The molecule has 40 heavy (non-hydrogen) atoms. The number of aliphatic hydroxyl groups excluding tert-OH is 1. The van der Waals surface area contributed by atoms with Crippen LogP contribution in [0.1, 0.15) is 55.6 Å². The van der Waals surface area contributed by atoms with Gasteiger partial charge in [0.25, 0.3) is 0 Å². The molecule has 3 aromatic heterocycles. The number of hydrogen-bond donors (Lipinski definition) is 2. The van der Waals surface area contributed by atoms with E-state index < -0.39 is 41.8 Å². The van der Waals surface area contributed by atoms with Crippen LogP contribution in [0.15, 0.2) is 41.6 Å². The van der Waals surface area contributed by atoms with Crippen LogP contribution in [0.5, 0.6) is 0 Å². The molecule has 0 fully saturated rings. The van der Waals surface area contributed by atoms with Gasteiger partial charge >= 0.3 is 18.5 Å². The van der Waals surface area contributed by atoms with Gasteiger partial charge in [0.2, 0.25) is 0 Å². The van der Waals surface area contributed by atoms with Crippen LogP contribution >= 0.6 is 0 Å². The third-order valence-corrected chi connectivity index (χ3v) is 4.41. The number of halogens is 9. The summed E-state index contributed by atoms with van der Waals surface area (Å²) in [5, 5.41) is 19.4. The molecule has 0 aliphatic carbocycles. The molecular formula is C24H21F9N4O3. The highest BCUT2D eigenvalue weighted by atomic mass is 19.4. The fourth-order valence-electron chi connectivity index (χ4n) is 2.88. The molecule has 7 nitrogen and oxygen atoms in total. The van der Waals surface area contributed by atoms with E-state index in [-0.39, 0.29) is 34.2 Å². The van der Waals surface area contributed by atoms with Gasteiger partial charge in [-0.1, -0.05) is 5.16 Å². The zero-order valence-electron chi connectivity index (χ0n) is 20.8. The summed E-state index contributed by atoms with van der Waals surface area (Å²) in [5.74, 6) is 0. The molecule has 0 amide bonds. The van der Waals surface area contributed by atoms with Crippen LogP contribution in [0.2, 0.25) is 0 Å². The Morgan fingerprint density at radius 2 is 1.05 bits per heavy atom. The van der Waals surface area contributed by atoms with Gasteiger partial charge in [0.1, 0.15) is 5.69 Å².